The fourth-order valence-corrected chi connectivity index (χ4v) is 3.94. The first kappa shape index (κ1) is 17.9. The van der Waals surface area contributed by atoms with Crippen molar-refractivity contribution in [3.05, 3.63) is 45.8 Å². The number of aromatic nitrogens is 1. The Morgan fingerprint density at radius 2 is 2.32 bits per heavy atom. The highest BCUT2D eigenvalue weighted by molar-refractivity contribution is 7.12. The zero-order chi connectivity index (χ0) is 17.6. The van der Waals surface area contributed by atoms with Crippen LogP contribution in [0.25, 0.3) is 0 Å². The highest BCUT2D eigenvalue weighted by atomic mass is 32.1. The standard InChI is InChI=1S/C19H25N3O2S/c1-14-3-6-17(25-14)12-19(23)22-9-10-24-16(13-22)5-4-15-7-8-21-18(11-15)20-2/h3,6-8,11,16H,4-5,9-10,12-13H2,1-2H3,(H,20,21). The van der Waals surface area contributed by atoms with E-state index in [1.165, 1.54) is 10.4 Å². The number of rotatable bonds is 6. The number of ether oxygens (including phenoxy) is 1. The van der Waals surface area contributed by atoms with Crippen LogP contribution in [0.4, 0.5) is 5.82 Å². The van der Waals surface area contributed by atoms with Gasteiger partial charge in [-0.25, -0.2) is 4.98 Å². The van der Waals surface area contributed by atoms with E-state index in [-0.39, 0.29) is 12.0 Å². The zero-order valence-corrected chi connectivity index (χ0v) is 15.6. The van der Waals surface area contributed by atoms with Gasteiger partial charge in [0.15, 0.2) is 0 Å². The largest absolute Gasteiger partial charge is 0.375 e. The lowest BCUT2D eigenvalue weighted by atomic mass is 10.1. The number of thiophene rings is 1. The van der Waals surface area contributed by atoms with Gasteiger partial charge in [0.05, 0.1) is 19.1 Å². The molecule has 6 heteroatoms. The number of amides is 1. The zero-order valence-electron chi connectivity index (χ0n) is 14.8. The molecule has 3 rings (SSSR count). The summed E-state index contributed by atoms with van der Waals surface area (Å²) in [7, 11) is 1.87. The lowest BCUT2D eigenvalue weighted by Gasteiger charge is -2.33. The van der Waals surface area contributed by atoms with Crippen LogP contribution >= 0.6 is 11.3 Å². The number of morpholine rings is 1. The smallest absolute Gasteiger partial charge is 0.227 e. The summed E-state index contributed by atoms with van der Waals surface area (Å²) < 4.78 is 5.87. The molecule has 0 bridgehead atoms. The third kappa shape index (κ3) is 5.03. The van der Waals surface area contributed by atoms with Crippen LogP contribution < -0.4 is 5.32 Å². The summed E-state index contributed by atoms with van der Waals surface area (Å²) in [5, 5.41) is 3.06. The van der Waals surface area contributed by atoms with Crippen molar-refractivity contribution in [1.82, 2.24) is 9.88 Å². The quantitative estimate of drug-likeness (QED) is 0.862. The van der Waals surface area contributed by atoms with Gasteiger partial charge in [0.2, 0.25) is 5.91 Å². The molecule has 1 N–H and O–H groups in total. The molecule has 3 heterocycles. The monoisotopic (exact) mass is 359 g/mol. The Bertz CT molecular complexity index is 716. The van der Waals surface area contributed by atoms with Crippen LogP contribution in [0.3, 0.4) is 0 Å². The van der Waals surface area contributed by atoms with Gasteiger partial charge >= 0.3 is 0 Å². The molecule has 0 spiro atoms. The summed E-state index contributed by atoms with van der Waals surface area (Å²) in [4.78, 5) is 21.1. The molecule has 1 aliphatic rings. The minimum Gasteiger partial charge on any atom is -0.375 e. The molecule has 0 aliphatic carbocycles. The maximum atomic E-state index is 12.5. The number of carbonyl (C=O) groups excluding carboxylic acids is 1. The number of hydrogen-bond acceptors (Lipinski definition) is 5. The summed E-state index contributed by atoms with van der Waals surface area (Å²) in [6.45, 7) is 4.08. The Hall–Kier alpha value is -1.92. The molecule has 1 unspecified atom stereocenters. The minimum absolute atomic E-state index is 0.106. The molecular formula is C19H25N3O2S. The average molecular weight is 359 g/mol. The second-order valence-electron chi connectivity index (χ2n) is 6.36. The van der Waals surface area contributed by atoms with E-state index in [0.717, 1.165) is 23.5 Å². The van der Waals surface area contributed by atoms with Gasteiger partial charge in [-0.2, -0.15) is 0 Å². The Balaban J connectivity index is 1.51. The predicted molar refractivity (Wildman–Crippen MR) is 101 cm³/mol. The number of carbonyl (C=O) groups is 1. The Morgan fingerprint density at radius 1 is 1.44 bits per heavy atom. The average Bonchev–Trinajstić information content (AvgIpc) is 3.05. The first-order valence-electron chi connectivity index (χ1n) is 8.71. The van der Waals surface area contributed by atoms with Gasteiger partial charge in [0.25, 0.3) is 0 Å². The Labute approximate surface area is 153 Å². The molecule has 0 saturated carbocycles. The lowest BCUT2D eigenvalue weighted by Crippen LogP contribution is -2.46. The van der Waals surface area contributed by atoms with E-state index >= 15 is 0 Å². The first-order valence-corrected chi connectivity index (χ1v) is 9.53. The van der Waals surface area contributed by atoms with E-state index in [1.54, 1.807) is 11.3 Å². The number of nitrogens with one attached hydrogen (secondary N) is 1. The molecule has 1 atom stereocenters. The van der Waals surface area contributed by atoms with Crippen molar-refractivity contribution in [2.24, 2.45) is 0 Å². The Morgan fingerprint density at radius 3 is 3.08 bits per heavy atom. The minimum atomic E-state index is 0.106. The van der Waals surface area contributed by atoms with E-state index in [9.17, 15) is 4.79 Å². The van der Waals surface area contributed by atoms with Crippen LogP contribution in [-0.4, -0.2) is 48.6 Å². The molecule has 2 aromatic heterocycles. The van der Waals surface area contributed by atoms with Crippen LogP contribution in [0.5, 0.6) is 0 Å². The molecule has 1 fully saturated rings. The van der Waals surface area contributed by atoms with Gasteiger partial charge in [0.1, 0.15) is 5.82 Å². The van der Waals surface area contributed by atoms with Gasteiger partial charge in [-0.05, 0) is 49.6 Å². The second kappa shape index (κ2) is 8.45. The Kier molecular flexibility index (Phi) is 6.04. The van der Waals surface area contributed by atoms with E-state index in [0.29, 0.717) is 26.1 Å². The molecule has 2 aromatic rings. The first-order chi connectivity index (χ1) is 12.1. The van der Waals surface area contributed by atoms with Crippen molar-refractivity contribution in [2.75, 3.05) is 32.1 Å². The van der Waals surface area contributed by atoms with Crippen LogP contribution in [-0.2, 0) is 22.4 Å². The summed E-state index contributed by atoms with van der Waals surface area (Å²) >= 11 is 1.70. The summed E-state index contributed by atoms with van der Waals surface area (Å²) in [5.41, 5.74) is 1.24. The number of nitrogens with zero attached hydrogens (tertiary/aromatic N) is 2. The maximum absolute atomic E-state index is 12.5. The molecule has 0 aromatic carbocycles. The molecule has 5 nitrogen and oxygen atoms in total. The van der Waals surface area contributed by atoms with E-state index in [1.807, 2.05) is 24.2 Å². The molecule has 1 saturated heterocycles. The van der Waals surface area contributed by atoms with Crippen molar-refractivity contribution in [3.8, 4) is 0 Å². The third-order valence-corrected chi connectivity index (χ3v) is 5.45. The lowest BCUT2D eigenvalue weighted by molar-refractivity contribution is -0.138. The second-order valence-corrected chi connectivity index (χ2v) is 7.73. The van der Waals surface area contributed by atoms with E-state index in [4.69, 9.17) is 4.74 Å². The summed E-state index contributed by atoms with van der Waals surface area (Å²) in [6.07, 6.45) is 4.26. The van der Waals surface area contributed by atoms with Crippen LogP contribution in [0.1, 0.15) is 21.7 Å². The molecule has 1 aliphatic heterocycles. The normalized spacial score (nSPS) is 17.5. The highest BCUT2D eigenvalue weighted by Gasteiger charge is 2.24. The van der Waals surface area contributed by atoms with E-state index < -0.39 is 0 Å². The van der Waals surface area contributed by atoms with E-state index in [2.05, 4.69) is 35.4 Å². The fraction of sp³-hybridized carbons (Fsp3) is 0.474. The molecular weight excluding hydrogens is 334 g/mol. The van der Waals surface area contributed by atoms with Crippen molar-refractivity contribution >= 4 is 23.1 Å². The number of pyridine rings is 1. The highest BCUT2D eigenvalue weighted by Crippen LogP contribution is 2.18. The number of hydrogen-bond donors (Lipinski definition) is 1. The van der Waals surface area contributed by atoms with Crippen LogP contribution in [0, 0.1) is 6.92 Å². The SMILES string of the molecule is CNc1cc(CCC2CN(C(=O)Cc3ccc(C)s3)CCO2)ccn1. The van der Waals surface area contributed by atoms with Crippen molar-refractivity contribution in [1.29, 1.82) is 0 Å². The van der Waals surface area contributed by atoms with Gasteiger partial charge in [-0.15, -0.1) is 11.3 Å². The van der Waals surface area contributed by atoms with Crippen molar-refractivity contribution in [2.45, 2.75) is 32.3 Å². The summed E-state index contributed by atoms with van der Waals surface area (Å²) in [6, 6.07) is 8.22. The maximum Gasteiger partial charge on any atom is 0.227 e. The van der Waals surface area contributed by atoms with Gasteiger partial charge < -0.3 is 15.0 Å². The fourth-order valence-electron chi connectivity index (χ4n) is 3.06. The van der Waals surface area contributed by atoms with Crippen molar-refractivity contribution < 1.29 is 9.53 Å². The summed E-state index contributed by atoms with van der Waals surface area (Å²) in [5.74, 6) is 1.08. The predicted octanol–water partition coefficient (Wildman–Crippen LogP) is 2.90. The van der Waals surface area contributed by atoms with Gasteiger partial charge in [0, 0.05) is 36.1 Å². The third-order valence-electron chi connectivity index (χ3n) is 4.45. The molecule has 134 valence electrons. The molecule has 25 heavy (non-hydrogen) atoms. The van der Waals surface area contributed by atoms with Gasteiger partial charge in [-0.3, -0.25) is 4.79 Å². The molecule has 1 amide bonds. The van der Waals surface area contributed by atoms with Crippen molar-refractivity contribution in [3.63, 3.8) is 0 Å². The topological polar surface area (TPSA) is 54.5 Å². The van der Waals surface area contributed by atoms with Crippen LogP contribution in [0.2, 0.25) is 0 Å². The van der Waals surface area contributed by atoms with Gasteiger partial charge in [-0.1, -0.05) is 0 Å². The number of aryl methyl sites for hydroxylation is 2. The molecule has 0 radical (unpaired) electrons. The number of anilines is 1. The van der Waals surface area contributed by atoms with Crippen LogP contribution in [0.15, 0.2) is 30.5 Å².